The van der Waals surface area contributed by atoms with E-state index >= 15 is 0 Å². The van der Waals surface area contributed by atoms with Crippen LogP contribution in [0.2, 0.25) is 5.02 Å². The van der Waals surface area contributed by atoms with Gasteiger partial charge < -0.3 is 20.9 Å². The Hall–Kier alpha value is -3.44. The van der Waals surface area contributed by atoms with Gasteiger partial charge in [-0.25, -0.2) is 0 Å². The Balaban J connectivity index is 1.63. The predicted molar refractivity (Wildman–Crippen MR) is 189 cm³/mol. The number of carbonyl (C=O) groups is 5. The summed E-state index contributed by atoms with van der Waals surface area (Å²) < 4.78 is 0. The van der Waals surface area contributed by atoms with E-state index in [0.717, 1.165) is 31.2 Å². The van der Waals surface area contributed by atoms with Crippen LogP contribution in [0, 0.1) is 11.3 Å². The van der Waals surface area contributed by atoms with Crippen molar-refractivity contribution in [2.45, 2.75) is 136 Å². The third-order valence-electron chi connectivity index (χ3n) is 9.89. The molecule has 0 unspecified atom stereocenters. The van der Waals surface area contributed by atoms with E-state index in [1.807, 2.05) is 52.8 Å². The lowest BCUT2D eigenvalue weighted by Crippen LogP contribution is -2.59. The Morgan fingerprint density at radius 1 is 1.06 bits per heavy atom. The number of Topliss-reactive ketones (excluding diaryl/α,β-unsaturated/α-hetero) is 1. The SMILES string of the molecule is CCC[C@H](NC(=O)[C@@H]1C[C@]2(C=C(c3cccc(Cl)c3)NO2)CN1C(=O)[C@@H](NC(=O)CC1CCCCC1)C(C)(C)C)C(=O)C(=O)N[C@H](C)CC. The van der Waals surface area contributed by atoms with E-state index in [1.54, 1.807) is 19.1 Å². The molecule has 1 saturated carbocycles. The summed E-state index contributed by atoms with van der Waals surface area (Å²) in [6.07, 6.45) is 9.12. The average molecular weight is 700 g/mol. The van der Waals surface area contributed by atoms with Gasteiger partial charge in [-0.3, -0.25) is 34.3 Å². The summed E-state index contributed by atoms with van der Waals surface area (Å²) in [5, 5.41) is 9.06. The second-order valence-corrected chi connectivity index (χ2v) is 15.5. The molecule has 12 heteroatoms. The Bertz CT molecular complexity index is 1420. The van der Waals surface area contributed by atoms with Gasteiger partial charge in [-0.15, -0.1) is 0 Å². The molecule has 49 heavy (non-hydrogen) atoms. The summed E-state index contributed by atoms with van der Waals surface area (Å²) in [5.74, 6) is -2.36. The van der Waals surface area contributed by atoms with Crippen LogP contribution in [0.1, 0.15) is 111 Å². The molecule has 4 amide bonds. The maximum Gasteiger partial charge on any atom is 0.289 e. The first-order chi connectivity index (χ1) is 23.2. The van der Waals surface area contributed by atoms with Crippen LogP contribution in [0.15, 0.2) is 30.3 Å². The molecule has 1 aromatic rings. The standard InChI is InChI=1S/C37H54ClN5O6/c1-7-13-27(31(45)34(47)39-23(3)8-2)40-33(46)29-21-37(20-28(42-49-37)25-16-12-17-26(38)19-25)22-43(29)35(48)32(36(4,5)6)41-30(44)18-24-14-10-9-11-15-24/h12,16-17,19-20,23-24,27,29,32,42H,7-11,13-15,18,21-22H2,1-6H3,(H,39,47)(H,40,46)(H,41,44)/t23-,27+,29+,32-,37-/m1/s1. The molecule has 1 aromatic carbocycles. The zero-order chi connectivity index (χ0) is 35.9. The molecule has 4 N–H and O–H groups in total. The van der Waals surface area contributed by atoms with Crippen molar-refractivity contribution in [2.24, 2.45) is 11.3 Å². The van der Waals surface area contributed by atoms with Gasteiger partial charge in [0.2, 0.25) is 23.5 Å². The first-order valence-electron chi connectivity index (χ1n) is 17.8. The van der Waals surface area contributed by atoms with Crippen LogP contribution < -0.4 is 21.4 Å². The number of halogens is 1. The van der Waals surface area contributed by atoms with E-state index in [0.29, 0.717) is 30.0 Å². The second kappa shape index (κ2) is 16.5. The van der Waals surface area contributed by atoms with Gasteiger partial charge >= 0.3 is 0 Å². The third-order valence-corrected chi connectivity index (χ3v) is 10.1. The van der Waals surface area contributed by atoms with Gasteiger partial charge in [0, 0.05) is 29.5 Å². The lowest BCUT2D eigenvalue weighted by Gasteiger charge is -2.36. The van der Waals surface area contributed by atoms with E-state index in [1.165, 1.54) is 11.3 Å². The van der Waals surface area contributed by atoms with Crippen LogP contribution in [-0.2, 0) is 28.8 Å². The topological polar surface area (TPSA) is 146 Å². The normalized spacial score (nSPS) is 22.9. The average Bonchev–Trinajstić information content (AvgIpc) is 3.66. The summed E-state index contributed by atoms with van der Waals surface area (Å²) in [5.41, 5.74) is 2.62. The fourth-order valence-electron chi connectivity index (χ4n) is 6.89. The van der Waals surface area contributed by atoms with E-state index in [9.17, 15) is 24.0 Å². The number of ketones is 1. The van der Waals surface area contributed by atoms with Gasteiger partial charge in [-0.2, -0.15) is 0 Å². The van der Waals surface area contributed by atoms with Gasteiger partial charge in [0.1, 0.15) is 17.7 Å². The fourth-order valence-corrected chi connectivity index (χ4v) is 7.08. The molecule has 0 bridgehead atoms. The van der Waals surface area contributed by atoms with Gasteiger partial charge in [0.05, 0.1) is 18.3 Å². The molecule has 11 nitrogen and oxygen atoms in total. The largest absolute Gasteiger partial charge is 0.347 e. The number of hydrogen-bond acceptors (Lipinski definition) is 7. The van der Waals surface area contributed by atoms with Crippen LogP contribution in [0.25, 0.3) is 5.70 Å². The van der Waals surface area contributed by atoms with E-state index in [4.69, 9.17) is 16.4 Å². The number of nitrogens with one attached hydrogen (secondary N) is 4. The molecule has 5 atom stereocenters. The summed E-state index contributed by atoms with van der Waals surface area (Å²) in [6.45, 7) is 11.2. The number of likely N-dealkylation sites (tertiary alicyclic amines) is 1. The quantitative estimate of drug-likeness (QED) is 0.216. The monoisotopic (exact) mass is 699 g/mol. The highest BCUT2D eigenvalue weighted by Gasteiger charge is 2.54. The molecule has 1 spiro atoms. The number of hydroxylamine groups is 1. The first kappa shape index (κ1) is 38.4. The molecule has 2 fully saturated rings. The van der Waals surface area contributed by atoms with Gasteiger partial charge in [-0.1, -0.05) is 84.0 Å². The van der Waals surface area contributed by atoms with Crippen molar-refractivity contribution >= 4 is 46.7 Å². The molecular weight excluding hydrogens is 646 g/mol. The van der Waals surface area contributed by atoms with Crippen molar-refractivity contribution in [2.75, 3.05) is 6.54 Å². The Labute approximate surface area is 295 Å². The molecule has 1 aliphatic carbocycles. The molecule has 3 aliphatic rings. The zero-order valence-electron chi connectivity index (χ0n) is 29.8. The van der Waals surface area contributed by atoms with Crippen LogP contribution in [0.5, 0.6) is 0 Å². The number of carbonyl (C=O) groups excluding carboxylic acids is 5. The predicted octanol–water partition coefficient (Wildman–Crippen LogP) is 4.83. The minimum atomic E-state index is -1.08. The van der Waals surface area contributed by atoms with E-state index in [-0.39, 0.29) is 37.3 Å². The minimum Gasteiger partial charge on any atom is -0.347 e. The molecule has 0 radical (unpaired) electrons. The van der Waals surface area contributed by atoms with Crippen LogP contribution >= 0.6 is 11.6 Å². The third kappa shape index (κ3) is 9.84. The van der Waals surface area contributed by atoms with Crippen LogP contribution in [0.3, 0.4) is 0 Å². The summed E-state index contributed by atoms with van der Waals surface area (Å²) in [6, 6.07) is 4.00. The summed E-state index contributed by atoms with van der Waals surface area (Å²) in [4.78, 5) is 75.7. The van der Waals surface area contributed by atoms with Crippen molar-refractivity contribution in [3.05, 3.63) is 40.9 Å². The van der Waals surface area contributed by atoms with Gasteiger partial charge in [0.25, 0.3) is 5.91 Å². The van der Waals surface area contributed by atoms with Gasteiger partial charge in [-0.05, 0) is 62.1 Å². The summed E-state index contributed by atoms with van der Waals surface area (Å²) >= 11 is 6.25. The van der Waals surface area contributed by atoms with Crippen molar-refractivity contribution in [1.82, 2.24) is 26.3 Å². The molecular formula is C37H54ClN5O6. The molecule has 1 saturated heterocycles. The summed E-state index contributed by atoms with van der Waals surface area (Å²) in [7, 11) is 0. The Morgan fingerprint density at radius 3 is 2.41 bits per heavy atom. The smallest absolute Gasteiger partial charge is 0.289 e. The first-order valence-corrected chi connectivity index (χ1v) is 18.2. The van der Waals surface area contributed by atoms with Crippen molar-refractivity contribution in [3.63, 3.8) is 0 Å². The number of benzene rings is 1. The zero-order valence-corrected chi connectivity index (χ0v) is 30.6. The maximum absolute atomic E-state index is 14.6. The lowest BCUT2D eigenvalue weighted by molar-refractivity contribution is -0.145. The van der Waals surface area contributed by atoms with Crippen LogP contribution in [0.4, 0.5) is 0 Å². The number of hydrogen-bond donors (Lipinski definition) is 4. The highest BCUT2D eigenvalue weighted by Crippen LogP contribution is 2.39. The van der Waals surface area contributed by atoms with Crippen molar-refractivity contribution in [1.29, 1.82) is 0 Å². The lowest BCUT2D eigenvalue weighted by atomic mass is 9.84. The van der Waals surface area contributed by atoms with E-state index in [2.05, 4.69) is 21.4 Å². The molecule has 0 aromatic heterocycles. The van der Waals surface area contributed by atoms with E-state index < -0.39 is 52.6 Å². The number of amides is 4. The highest BCUT2D eigenvalue weighted by atomic mass is 35.5. The van der Waals surface area contributed by atoms with Gasteiger partial charge in [0.15, 0.2) is 0 Å². The fraction of sp³-hybridized carbons (Fsp3) is 0.649. The maximum atomic E-state index is 14.6. The Morgan fingerprint density at radius 2 is 1.78 bits per heavy atom. The number of rotatable bonds is 13. The second-order valence-electron chi connectivity index (χ2n) is 15.1. The molecule has 270 valence electrons. The van der Waals surface area contributed by atoms with Crippen molar-refractivity contribution in [3.8, 4) is 0 Å². The Kier molecular flexibility index (Phi) is 12.9. The van der Waals surface area contributed by atoms with Crippen LogP contribution in [-0.4, -0.2) is 70.6 Å². The number of nitrogens with zero attached hydrogens (tertiary/aromatic N) is 1. The molecule has 2 heterocycles. The minimum absolute atomic E-state index is 0.0208. The van der Waals surface area contributed by atoms with Crippen molar-refractivity contribution < 1.29 is 28.8 Å². The highest BCUT2D eigenvalue weighted by molar-refractivity contribution is 6.38. The molecule has 2 aliphatic heterocycles. The molecule has 4 rings (SSSR count).